The maximum Gasteiger partial charge on any atom is 0.0434 e. The van der Waals surface area contributed by atoms with E-state index in [0.717, 1.165) is 0 Å². The zero-order valence-corrected chi connectivity index (χ0v) is 6.96. The number of nitrogens with two attached hydrogens (primary N) is 1. The molecule has 0 bridgehead atoms. The lowest BCUT2D eigenvalue weighted by Crippen LogP contribution is -2.26. The number of benzene rings is 1. The Morgan fingerprint density at radius 2 is 2.00 bits per heavy atom. The highest BCUT2D eigenvalue weighted by Gasteiger charge is 2.03. The highest BCUT2D eigenvalue weighted by Crippen LogP contribution is 2.14. The molecule has 3 N–H and O–H groups in total. The molecule has 11 heavy (non-hydrogen) atoms. The van der Waals surface area contributed by atoms with Gasteiger partial charge in [0.2, 0.25) is 0 Å². The van der Waals surface area contributed by atoms with Crippen LogP contribution in [0.2, 0.25) is 0 Å². The third-order valence-electron chi connectivity index (χ3n) is 1.90. The van der Waals surface area contributed by atoms with Gasteiger partial charge in [-0.2, -0.15) is 0 Å². The fourth-order valence-electron chi connectivity index (χ4n) is 1.16. The van der Waals surface area contributed by atoms with Crippen molar-refractivity contribution in [1.82, 2.24) is 5.43 Å². The molecule has 0 heterocycles. The van der Waals surface area contributed by atoms with Gasteiger partial charge in [0, 0.05) is 6.04 Å². The largest absolute Gasteiger partial charge is 0.271 e. The van der Waals surface area contributed by atoms with E-state index >= 15 is 0 Å². The Balaban J connectivity index is 2.93. The molecule has 0 spiro atoms. The van der Waals surface area contributed by atoms with Crippen LogP contribution in [0, 0.1) is 6.92 Å². The second kappa shape index (κ2) is 3.51. The number of hydrazine groups is 1. The van der Waals surface area contributed by atoms with Crippen molar-refractivity contribution in [2.24, 2.45) is 5.84 Å². The van der Waals surface area contributed by atoms with E-state index in [1.165, 1.54) is 11.1 Å². The fourth-order valence-corrected chi connectivity index (χ4v) is 1.16. The second-order valence-corrected chi connectivity index (χ2v) is 2.74. The molecule has 0 radical (unpaired) electrons. The summed E-state index contributed by atoms with van der Waals surface area (Å²) in [6, 6.07) is 8.46. The first-order valence-electron chi connectivity index (χ1n) is 3.77. The van der Waals surface area contributed by atoms with Gasteiger partial charge in [0.05, 0.1) is 0 Å². The number of rotatable bonds is 2. The predicted molar refractivity (Wildman–Crippen MR) is 46.9 cm³/mol. The lowest BCUT2D eigenvalue weighted by atomic mass is 10.0. The molecule has 0 aliphatic carbocycles. The Morgan fingerprint density at radius 1 is 1.36 bits per heavy atom. The van der Waals surface area contributed by atoms with Crippen LogP contribution in [0.5, 0.6) is 0 Å². The molecule has 0 saturated heterocycles. The van der Waals surface area contributed by atoms with Crippen LogP contribution >= 0.6 is 0 Å². The molecule has 0 aromatic heterocycles. The van der Waals surface area contributed by atoms with Crippen LogP contribution in [0.25, 0.3) is 0 Å². The summed E-state index contributed by atoms with van der Waals surface area (Å²) in [6.07, 6.45) is 0. The minimum absolute atomic E-state index is 0.233. The highest BCUT2D eigenvalue weighted by atomic mass is 15.2. The molecule has 2 nitrogen and oxygen atoms in total. The van der Waals surface area contributed by atoms with Crippen LogP contribution in [0.15, 0.2) is 24.3 Å². The number of hydrogen-bond acceptors (Lipinski definition) is 2. The highest BCUT2D eigenvalue weighted by molar-refractivity contribution is 5.27. The summed E-state index contributed by atoms with van der Waals surface area (Å²) in [5, 5.41) is 0. The molecule has 0 amide bonds. The van der Waals surface area contributed by atoms with Crippen LogP contribution in [-0.4, -0.2) is 0 Å². The average molecular weight is 150 g/mol. The Kier molecular flexibility index (Phi) is 2.63. The van der Waals surface area contributed by atoms with Crippen molar-refractivity contribution in [1.29, 1.82) is 0 Å². The van der Waals surface area contributed by atoms with Crippen molar-refractivity contribution in [2.45, 2.75) is 19.9 Å². The van der Waals surface area contributed by atoms with Crippen molar-refractivity contribution >= 4 is 0 Å². The van der Waals surface area contributed by atoms with Gasteiger partial charge >= 0.3 is 0 Å². The summed E-state index contributed by atoms with van der Waals surface area (Å²) in [4.78, 5) is 0. The lowest BCUT2D eigenvalue weighted by molar-refractivity contribution is 0.599. The summed E-state index contributed by atoms with van der Waals surface area (Å²) >= 11 is 0. The Labute approximate surface area is 67.4 Å². The van der Waals surface area contributed by atoms with Gasteiger partial charge < -0.3 is 0 Å². The molecular formula is C9H14N2. The van der Waals surface area contributed by atoms with Crippen LogP contribution in [0.4, 0.5) is 0 Å². The van der Waals surface area contributed by atoms with Gasteiger partial charge in [-0.1, -0.05) is 24.3 Å². The van der Waals surface area contributed by atoms with Gasteiger partial charge in [-0.15, -0.1) is 0 Å². The van der Waals surface area contributed by atoms with Crippen LogP contribution in [0.3, 0.4) is 0 Å². The summed E-state index contributed by atoms with van der Waals surface area (Å²) in [7, 11) is 0. The van der Waals surface area contributed by atoms with Gasteiger partial charge in [0.1, 0.15) is 0 Å². The van der Waals surface area contributed by atoms with E-state index in [4.69, 9.17) is 5.84 Å². The summed E-state index contributed by atoms with van der Waals surface area (Å²) < 4.78 is 0. The molecule has 1 aromatic rings. The van der Waals surface area contributed by atoms with Crippen molar-refractivity contribution in [3.05, 3.63) is 35.4 Å². The van der Waals surface area contributed by atoms with Crippen molar-refractivity contribution in [3.8, 4) is 0 Å². The Morgan fingerprint density at radius 3 is 2.55 bits per heavy atom. The summed E-state index contributed by atoms with van der Waals surface area (Å²) in [6.45, 7) is 4.13. The predicted octanol–water partition coefficient (Wildman–Crippen LogP) is 1.52. The molecule has 2 heteroatoms. The maximum atomic E-state index is 5.32. The van der Waals surface area contributed by atoms with E-state index in [1.807, 2.05) is 19.1 Å². The zero-order chi connectivity index (χ0) is 8.27. The second-order valence-electron chi connectivity index (χ2n) is 2.74. The molecule has 60 valence electrons. The first kappa shape index (κ1) is 8.24. The minimum Gasteiger partial charge on any atom is -0.271 e. The quantitative estimate of drug-likeness (QED) is 0.495. The average Bonchev–Trinajstić information content (AvgIpc) is 2.04. The first-order chi connectivity index (χ1) is 5.25. The van der Waals surface area contributed by atoms with Crippen molar-refractivity contribution < 1.29 is 0 Å². The Bertz CT molecular complexity index is 233. The van der Waals surface area contributed by atoms with E-state index in [2.05, 4.69) is 24.5 Å². The van der Waals surface area contributed by atoms with E-state index in [-0.39, 0.29) is 6.04 Å². The van der Waals surface area contributed by atoms with Gasteiger partial charge in [0.15, 0.2) is 0 Å². The molecule has 0 aliphatic heterocycles. The van der Waals surface area contributed by atoms with Crippen LogP contribution in [-0.2, 0) is 0 Å². The van der Waals surface area contributed by atoms with Gasteiger partial charge in [-0.3, -0.25) is 11.3 Å². The molecule has 1 aromatic carbocycles. The summed E-state index contributed by atoms with van der Waals surface area (Å²) in [5.74, 6) is 5.32. The first-order valence-corrected chi connectivity index (χ1v) is 3.77. The number of nitrogens with one attached hydrogen (secondary N) is 1. The third-order valence-corrected chi connectivity index (χ3v) is 1.90. The molecule has 0 fully saturated rings. The SMILES string of the molecule is Cc1ccccc1[C@@H](C)NN. The fraction of sp³-hybridized carbons (Fsp3) is 0.333. The molecule has 1 rings (SSSR count). The lowest BCUT2D eigenvalue weighted by Gasteiger charge is -2.12. The number of hydrogen-bond donors (Lipinski definition) is 2. The van der Waals surface area contributed by atoms with E-state index < -0.39 is 0 Å². The van der Waals surface area contributed by atoms with Crippen molar-refractivity contribution in [2.75, 3.05) is 0 Å². The molecule has 0 aliphatic rings. The third kappa shape index (κ3) is 1.79. The minimum atomic E-state index is 0.233. The Hall–Kier alpha value is -0.860. The number of aryl methyl sites for hydroxylation is 1. The van der Waals surface area contributed by atoms with Crippen molar-refractivity contribution in [3.63, 3.8) is 0 Å². The van der Waals surface area contributed by atoms with Gasteiger partial charge in [0.25, 0.3) is 0 Å². The summed E-state index contributed by atoms with van der Waals surface area (Å²) in [5.41, 5.74) is 5.26. The van der Waals surface area contributed by atoms with Crippen LogP contribution < -0.4 is 11.3 Å². The smallest absolute Gasteiger partial charge is 0.0434 e. The molecular weight excluding hydrogens is 136 g/mol. The van der Waals surface area contributed by atoms with Gasteiger partial charge in [-0.05, 0) is 25.0 Å². The zero-order valence-electron chi connectivity index (χ0n) is 6.96. The van der Waals surface area contributed by atoms with Gasteiger partial charge in [-0.25, -0.2) is 0 Å². The maximum absolute atomic E-state index is 5.32. The molecule has 0 saturated carbocycles. The van der Waals surface area contributed by atoms with Crippen LogP contribution in [0.1, 0.15) is 24.1 Å². The van der Waals surface area contributed by atoms with E-state index in [1.54, 1.807) is 0 Å². The standard InChI is InChI=1S/C9H14N2/c1-7-5-3-4-6-9(7)8(2)11-10/h3-6,8,11H,10H2,1-2H3/t8-/m1/s1. The monoisotopic (exact) mass is 150 g/mol. The molecule has 1 atom stereocenters. The van der Waals surface area contributed by atoms with E-state index in [0.29, 0.717) is 0 Å². The van der Waals surface area contributed by atoms with E-state index in [9.17, 15) is 0 Å². The topological polar surface area (TPSA) is 38.0 Å². The molecule has 0 unspecified atom stereocenters. The normalized spacial score (nSPS) is 13.0.